The quantitative estimate of drug-likeness (QED) is 0.909. The van der Waals surface area contributed by atoms with Crippen molar-refractivity contribution in [3.63, 3.8) is 0 Å². The lowest BCUT2D eigenvalue weighted by atomic mass is 10.1. The third-order valence-electron chi connectivity index (χ3n) is 2.21. The Morgan fingerprint density at radius 1 is 1.12 bits per heavy atom. The van der Waals surface area contributed by atoms with E-state index in [-0.39, 0.29) is 4.90 Å². The SMILES string of the molecule is NS(=O)(=O)c1ccc(Cc2cccs2)cc1. The van der Waals surface area contributed by atoms with Gasteiger partial charge < -0.3 is 0 Å². The van der Waals surface area contributed by atoms with Crippen LogP contribution in [0.5, 0.6) is 0 Å². The number of rotatable bonds is 3. The molecule has 5 heteroatoms. The molecule has 2 aromatic rings. The Bertz CT molecular complexity index is 557. The zero-order valence-electron chi connectivity index (χ0n) is 8.46. The molecule has 0 bridgehead atoms. The molecule has 0 saturated heterocycles. The van der Waals surface area contributed by atoms with Crippen LogP contribution >= 0.6 is 11.3 Å². The zero-order valence-corrected chi connectivity index (χ0v) is 10.1. The smallest absolute Gasteiger partial charge is 0.225 e. The van der Waals surface area contributed by atoms with Crippen molar-refractivity contribution in [3.8, 4) is 0 Å². The largest absolute Gasteiger partial charge is 0.238 e. The summed E-state index contributed by atoms with van der Waals surface area (Å²) in [6, 6.07) is 10.7. The van der Waals surface area contributed by atoms with Crippen LogP contribution in [-0.2, 0) is 16.4 Å². The fourth-order valence-electron chi connectivity index (χ4n) is 1.41. The van der Waals surface area contributed by atoms with Crippen LogP contribution in [0.25, 0.3) is 0 Å². The van der Waals surface area contributed by atoms with Crippen molar-refractivity contribution in [3.05, 3.63) is 52.2 Å². The number of primary sulfonamides is 1. The summed E-state index contributed by atoms with van der Waals surface area (Å²) in [5.74, 6) is 0. The number of nitrogens with two attached hydrogens (primary N) is 1. The predicted octanol–water partition coefficient (Wildman–Crippen LogP) is 1.99. The second kappa shape index (κ2) is 4.37. The number of benzene rings is 1. The van der Waals surface area contributed by atoms with Gasteiger partial charge in [0.05, 0.1) is 4.90 Å². The monoisotopic (exact) mass is 253 g/mol. The van der Waals surface area contributed by atoms with Crippen molar-refractivity contribution < 1.29 is 8.42 Å². The van der Waals surface area contributed by atoms with E-state index in [2.05, 4.69) is 6.07 Å². The van der Waals surface area contributed by atoms with Gasteiger partial charge in [-0.2, -0.15) is 0 Å². The number of sulfonamides is 1. The van der Waals surface area contributed by atoms with E-state index >= 15 is 0 Å². The zero-order chi connectivity index (χ0) is 11.6. The summed E-state index contributed by atoms with van der Waals surface area (Å²) in [7, 11) is -3.58. The Hall–Kier alpha value is -1.17. The molecule has 0 radical (unpaired) electrons. The minimum Gasteiger partial charge on any atom is -0.225 e. The fraction of sp³-hybridized carbons (Fsp3) is 0.0909. The van der Waals surface area contributed by atoms with Crippen LogP contribution in [-0.4, -0.2) is 8.42 Å². The van der Waals surface area contributed by atoms with Crippen LogP contribution in [0.4, 0.5) is 0 Å². The lowest BCUT2D eigenvalue weighted by Gasteiger charge is -2.01. The maximum atomic E-state index is 11.0. The van der Waals surface area contributed by atoms with E-state index in [1.807, 2.05) is 11.4 Å². The van der Waals surface area contributed by atoms with Gasteiger partial charge in [0.1, 0.15) is 0 Å². The van der Waals surface area contributed by atoms with Gasteiger partial charge in [0, 0.05) is 11.3 Å². The highest BCUT2D eigenvalue weighted by Crippen LogP contribution is 2.16. The van der Waals surface area contributed by atoms with Crippen molar-refractivity contribution in [2.24, 2.45) is 5.14 Å². The van der Waals surface area contributed by atoms with Crippen LogP contribution in [0, 0.1) is 0 Å². The third-order valence-corrected chi connectivity index (χ3v) is 4.02. The average Bonchev–Trinajstić information content (AvgIpc) is 2.70. The van der Waals surface area contributed by atoms with Gasteiger partial charge in [-0.05, 0) is 29.1 Å². The van der Waals surface area contributed by atoms with Crippen LogP contribution in [0.3, 0.4) is 0 Å². The normalized spacial score (nSPS) is 11.6. The van der Waals surface area contributed by atoms with E-state index in [1.54, 1.807) is 23.5 Å². The molecule has 84 valence electrons. The topological polar surface area (TPSA) is 60.2 Å². The molecule has 16 heavy (non-hydrogen) atoms. The van der Waals surface area contributed by atoms with Gasteiger partial charge in [0.25, 0.3) is 0 Å². The molecule has 0 amide bonds. The second-order valence-corrected chi connectivity index (χ2v) is 6.04. The molecule has 0 spiro atoms. The molecular weight excluding hydrogens is 242 g/mol. The molecule has 0 fully saturated rings. The van der Waals surface area contributed by atoms with E-state index in [0.717, 1.165) is 12.0 Å². The summed E-state index contributed by atoms with van der Waals surface area (Å²) in [6.45, 7) is 0. The summed E-state index contributed by atoms with van der Waals surface area (Å²) >= 11 is 1.68. The second-order valence-electron chi connectivity index (χ2n) is 3.45. The average molecular weight is 253 g/mol. The van der Waals surface area contributed by atoms with Crippen molar-refractivity contribution >= 4 is 21.4 Å². The van der Waals surface area contributed by atoms with Crippen LogP contribution in [0.2, 0.25) is 0 Å². The Morgan fingerprint density at radius 2 is 1.81 bits per heavy atom. The van der Waals surface area contributed by atoms with Crippen molar-refractivity contribution in [2.45, 2.75) is 11.3 Å². The molecule has 2 rings (SSSR count). The summed E-state index contributed by atoms with van der Waals surface area (Å²) < 4.78 is 22.1. The highest BCUT2D eigenvalue weighted by molar-refractivity contribution is 7.89. The minimum absolute atomic E-state index is 0.155. The highest BCUT2D eigenvalue weighted by Gasteiger charge is 2.06. The van der Waals surface area contributed by atoms with Crippen LogP contribution in [0.15, 0.2) is 46.7 Å². The molecule has 3 nitrogen and oxygen atoms in total. The van der Waals surface area contributed by atoms with Crippen LogP contribution in [0.1, 0.15) is 10.4 Å². The Kier molecular flexibility index (Phi) is 3.09. The van der Waals surface area contributed by atoms with Gasteiger partial charge in [0.15, 0.2) is 0 Å². The number of thiophene rings is 1. The fourth-order valence-corrected chi connectivity index (χ4v) is 2.67. The molecule has 0 aliphatic rings. The Balaban J connectivity index is 2.20. The summed E-state index contributed by atoms with van der Waals surface area (Å²) in [6.07, 6.45) is 0.822. The van der Waals surface area contributed by atoms with Crippen LogP contribution < -0.4 is 5.14 Å². The van der Waals surface area contributed by atoms with E-state index < -0.39 is 10.0 Å². The molecule has 0 atom stereocenters. The molecule has 0 unspecified atom stereocenters. The Morgan fingerprint density at radius 3 is 2.31 bits per heavy atom. The highest BCUT2D eigenvalue weighted by atomic mass is 32.2. The first-order chi connectivity index (χ1) is 7.55. The lowest BCUT2D eigenvalue weighted by Crippen LogP contribution is -2.11. The first-order valence-electron chi connectivity index (χ1n) is 4.70. The predicted molar refractivity (Wildman–Crippen MR) is 64.9 cm³/mol. The first-order valence-corrected chi connectivity index (χ1v) is 7.12. The van der Waals surface area contributed by atoms with Gasteiger partial charge in [-0.15, -0.1) is 11.3 Å². The van der Waals surface area contributed by atoms with E-state index in [4.69, 9.17) is 5.14 Å². The summed E-state index contributed by atoms with van der Waals surface area (Å²) in [5, 5.41) is 7.04. The number of hydrogen-bond acceptors (Lipinski definition) is 3. The van der Waals surface area contributed by atoms with Gasteiger partial charge in [-0.3, -0.25) is 0 Å². The van der Waals surface area contributed by atoms with Gasteiger partial charge >= 0.3 is 0 Å². The molecule has 0 aliphatic carbocycles. The summed E-state index contributed by atoms with van der Waals surface area (Å²) in [4.78, 5) is 1.41. The molecule has 2 N–H and O–H groups in total. The van der Waals surface area contributed by atoms with E-state index in [0.29, 0.717) is 0 Å². The Labute approximate surface area is 98.6 Å². The molecule has 0 saturated carbocycles. The number of hydrogen-bond donors (Lipinski definition) is 1. The lowest BCUT2D eigenvalue weighted by molar-refractivity contribution is 0.598. The third kappa shape index (κ3) is 2.69. The first kappa shape index (κ1) is 11.3. The molecule has 0 aliphatic heterocycles. The van der Waals surface area contributed by atoms with Gasteiger partial charge in [-0.1, -0.05) is 18.2 Å². The van der Waals surface area contributed by atoms with Gasteiger partial charge in [0.2, 0.25) is 10.0 Å². The molecular formula is C11H11NO2S2. The molecule has 1 aromatic carbocycles. The summed E-state index contributed by atoms with van der Waals surface area (Å²) in [5.41, 5.74) is 1.08. The maximum absolute atomic E-state index is 11.0. The minimum atomic E-state index is -3.58. The maximum Gasteiger partial charge on any atom is 0.238 e. The standard InChI is InChI=1S/C11H11NO2S2/c12-16(13,14)11-5-3-9(4-6-11)8-10-2-1-7-15-10/h1-7H,8H2,(H2,12,13,14). The molecule has 1 aromatic heterocycles. The van der Waals surface area contributed by atoms with E-state index in [9.17, 15) is 8.42 Å². The van der Waals surface area contributed by atoms with E-state index in [1.165, 1.54) is 17.0 Å². The van der Waals surface area contributed by atoms with Crippen molar-refractivity contribution in [1.82, 2.24) is 0 Å². The van der Waals surface area contributed by atoms with Crippen molar-refractivity contribution in [1.29, 1.82) is 0 Å². The molecule has 1 heterocycles. The van der Waals surface area contributed by atoms with Gasteiger partial charge in [-0.25, -0.2) is 13.6 Å². The van der Waals surface area contributed by atoms with Crippen molar-refractivity contribution in [2.75, 3.05) is 0 Å².